The summed E-state index contributed by atoms with van der Waals surface area (Å²) in [6.45, 7) is 0.645. The Labute approximate surface area is 137 Å². The van der Waals surface area contributed by atoms with Crippen LogP contribution in [0.15, 0.2) is 51.7 Å². The molecule has 24 heavy (non-hydrogen) atoms. The normalized spacial score (nSPS) is 13.8. The molecule has 3 aromatic rings. The van der Waals surface area contributed by atoms with Gasteiger partial charge in [-0.05, 0) is 49.1 Å². The highest BCUT2D eigenvalue weighted by molar-refractivity contribution is 6.06. The molecule has 1 amide bonds. The van der Waals surface area contributed by atoms with Crippen LogP contribution in [0.3, 0.4) is 0 Å². The average molecular weight is 324 g/mol. The van der Waals surface area contributed by atoms with E-state index < -0.39 is 5.76 Å². The van der Waals surface area contributed by atoms with Crippen molar-refractivity contribution in [3.05, 3.63) is 58.6 Å². The molecule has 0 radical (unpaired) electrons. The molecule has 2 N–H and O–H groups in total. The molecule has 2 aromatic carbocycles. The molecule has 6 heteroatoms. The number of benzene rings is 2. The number of carbonyl (C=O) groups excluding carboxylic acids is 1. The summed E-state index contributed by atoms with van der Waals surface area (Å²) in [5.74, 6) is 0.417. The monoisotopic (exact) mass is 324 g/mol. The van der Waals surface area contributed by atoms with E-state index in [1.54, 1.807) is 36.4 Å². The molecule has 1 aliphatic rings. The van der Waals surface area contributed by atoms with Crippen molar-refractivity contribution in [2.45, 2.75) is 12.8 Å². The molecule has 0 bridgehead atoms. The average Bonchev–Trinajstić information content (AvgIpc) is 3.33. The maximum Gasteiger partial charge on any atom is 0.417 e. The maximum absolute atomic E-state index is 12.6. The molecule has 0 aliphatic heterocycles. The second-order valence-electron chi connectivity index (χ2n) is 5.93. The van der Waals surface area contributed by atoms with Crippen LogP contribution in [-0.2, 0) is 0 Å². The zero-order valence-electron chi connectivity index (χ0n) is 12.9. The van der Waals surface area contributed by atoms with E-state index in [0.29, 0.717) is 40.6 Å². The third-order valence-electron chi connectivity index (χ3n) is 3.98. The van der Waals surface area contributed by atoms with Crippen molar-refractivity contribution in [2.24, 2.45) is 5.92 Å². The lowest BCUT2D eigenvalue weighted by Gasteiger charge is -2.11. The fourth-order valence-corrected chi connectivity index (χ4v) is 2.50. The lowest BCUT2D eigenvalue weighted by molar-refractivity contribution is 0.102. The van der Waals surface area contributed by atoms with Crippen LogP contribution in [-0.4, -0.2) is 17.5 Å². The number of anilines is 1. The van der Waals surface area contributed by atoms with E-state index in [2.05, 4.69) is 10.3 Å². The van der Waals surface area contributed by atoms with Crippen LogP contribution in [0.5, 0.6) is 5.75 Å². The van der Waals surface area contributed by atoms with E-state index in [1.807, 2.05) is 6.07 Å². The fraction of sp³-hybridized carbons (Fsp3) is 0.222. The largest absolute Gasteiger partial charge is 0.492 e. The minimum absolute atomic E-state index is 0.258. The molecule has 1 aromatic heterocycles. The predicted octanol–water partition coefficient (Wildman–Crippen LogP) is 3.16. The van der Waals surface area contributed by atoms with E-state index in [9.17, 15) is 9.59 Å². The van der Waals surface area contributed by atoms with Gasteiger partial charge in [0.2, 0.25) is 0 Å². The van der Waals surface area contributed by atoms with E-state index >= 15 is 0 Å². The molecule has 0 unspecified atom stereocenters. The first-order valence-corrected chi connectivity index (χ1v) is 7.85. The van der Waals surface area contributed by atoms with Gasteiger partial charge in [0.1, 0.15) is 5.75 Å². The first kappa shape index (κ1) is 14.6. The van der Waals surface area contributed by atoms with E-state index in [-0.39, 0.29) is 5.91 Å². The van der Waals surface area contributed by atoms with Crippen LogP contribution in [0.25, 0.3) is 11.1 Å². The van der Waals surface area contributed by atoms with E-state index in [1.165, 1.54) is 12.8 Å². The first-order chi connectivity index (χ1) is 11.7. The number of aromatic nitrogens is 1. The van der Waals surface area contributed by atoms with Gasteiger partial charge in [0.05, 0.1) is 17.7 Å². The molecule has 4 rings (SSSR count). The van der Waals surface area contributed by atoms with Crippen molar-refractivity contribution in [1.29, 1.82) is 0 Å². The summed E-state index contributed by atoms with van der Waals surface area (Å²) in [7, 11) is 0. The number of carbonyl (C=O) groups is 1. The Balaban J connectivity index is 1.55. The van der Waals surface area contributed by atoms with Crippen LogP contribution in [0, 0.1) is 5.92 Å². The number of rotatable bonds is 5. The number of hydrogen-bond donors (Lipinski definition) is 2. The number of para-hydroxylation sites is 1. The fourth-order valence-electron chi connectivity index (χ4n) is 2.50. The van der Waals surface area contributed by atoms with Crippen LogP contribution >= 0.6 is 0 Å². The molecule has 6 nitrogen and oxygen atoms in total. The molecule has 1 heterocycles. The number of nitrogens with one attached hydrogen (secondary N) is 2. The molecule has 1 saturated carbocycles. The number of aromatic amines is 1. The Morgan fingerprint density at radius 2 is 2.08 bits per heavy atom. The third kappa shape index (κ3) is 3.03. The van der Waals surface area contributed by atoms with Gasteiger partial charge in [-0.3, -0.25) is 9.78 Å². The number of hydrogen-bond acceptors (Lipinski definition) is 4. The van der Waals surface area contributed by atoms with Crippen LogP contribution < -0.4 is 15.8 Å². The second-order valence-corrected chi connectivity index (χ2v) is 5.93. The highest BCUT2D eigenvalue weighted by atomic mass is 16.5. The van der Waals surface area contributed by atoms with Gasteiger partial charge in [-0.1, -0.05) is 12.1 Å². The molecule has 0 atom stereocenters. The second kappa shape index (κ2) is 5.88. The maximum atomic E-state index is 12.6. The topological polar surface area (TPSA) is 84.3 Å². The Kier molecular flexibility index (Phi) is 3.57. The summed E-state index contributed by atoms with van der Waals surface area (Å²) in [5, 5.41) is 2.82. The van der Waals surface area contributed by atoms with E-state index in [4.69, 9.17) is 9.15 Å². The molecule has 1 aliphatic carbocycles. The van der Waals surface area contributed by atoms with Crippen LogP contribution in [0.1, 0.15) is 23.2 Å². The zero-order valence-corrected chi connectivity index (χ0v) is 12.9. The molecule has 0 saturated heterocycles. The number of H-pyrrole nitrogens is 1. The van der Waals surface area contributed by atoms with Crippen LogP contribution in [0.2, 0.25) is 0 Å². The van der Waals surface area contributed by atoms with Crippen LogP contribution in [0.4, 0.5) is 5.69 Å². The highest BCUT2D eigenvalue weighted by Crippen LogP contribution is 2.30. The van der Waals surface area contributed by atoms with Gasteiger partial charge in [-0.2, -0.15) is 0 Å². The minimum atomic E-state index is -0.521. The quantitative estimate of drug-likeness (QED) is 0.755. The van der Waals surface area contributed by atoms with Crippen molar-refractivity contribution >= 4 is 22.7 Å². The highest BCUT2D eigenvalue weighted by Gasteiger charge is 2.23. The van der Waals surface area contributed by atoms with Gasteiger partial charge >= 0.3 is 5.76 Å². The SMILES string of the molecule is O=C(Nc1ccc2oc(=O)[nH]c2c1)c1ccccc1OCC1CC1. The van der Waals surface area contributed by atoms with Gasteiger partial charge in [0, 0.05) is 5.69 Å². The number of amides is 1. The lowest BCUT2D eigenvalue weighted by atomic mass is 10.1. The molecular formula is C18H16N2O4. The number of fused-ring (bicyclic) bond motifs is 1. The van der Waals surface area contributed by atoms with E-state index in [0.717, 1.165) is 0 Å². The summed E-state index contributed by atoms with van der Waals surface area (Å²) < 4.78 is 10.7. The molecule has 122 valence electrons. The molecule has 0 spiro atoms. The van der Waals surface area contributed by atoms with Gasteiger partial charge in [0.15, 0.2) is 5.58 Å². The Morgan fingerprint density at radius 1 is 1.25 bits per heavy atom. The Hall–Kier alpha value is -3.02. The van der Waals surface area contributed by atoms with Gasteiger partial charge < -0.3 is 14.5 Å². The number of ether oxygens (including phenoxy) is 1. The van der Waals surface area contributed by atoms with Crippen molar-refractivity contribution in [2.75, 3.05) is 11.9 Å². The summed E-state index contributed by atoms with van der Waals surface area (Å²) in [6, 6.07) is 12.2. The third-order valence-corrected chi connectivity index (χ3v) is 3.98. The van der Waals surface area contributed by atoms with Crippen molar-refractivity contribution in [1.82, 2.24) is 4.98 Å². The Bertz CT molecular complexity index is 953. The smallest absolute Gasteiger partial charge is 0.417 e. The lowest BCUT2D eigenvalue weighted by Crippen LogP contribution is -2.14. The van der Waals surface area contributed by atoms with Gasteiger partial charge in [-0.25, -0.2) is 4.79 Å². The summed E-state index contributed by atoms with van der Waals surface area (Å²) in [5.41, 5.74) is 2.04. The van der Waals surface area contributed by atoms with Crippen molar-refractivity contribution in [3.63, 3.8) is 0 Å². The molecule has 1 fully saturated rings. The summed E-state index contributed by atoms with van der Waals surface area (Å²) >= 11 is 0. The van der Waals surface area contributed by atoms with Crippen molar-refractivity contribution < 1.29 is 13.9 Å². The van der Waals surface area contributed by atoms with Gasteiger partial charge in [-0.15, -0.1) is 0 Å². The first-order valence-electron chi connectivity index (χ1n) is 7.85. The van der Waals surface area contributed by atoms with Crippen molar-refractivity contribution in [3.8, 4) is 5.75 Å². The summed E-state index contributed by atoms with van der Waals surface area (Å²) in [6.07, 6.45) is 2.38. The Morgan fingerprint density at radius 3 is 2.92 bits per heavy atom. The minimum Gasteiger partial charge on any atom is -0.492 e. The predicted molar refractivity (Wildman–Crippen MR) is 89.4 cm³/mol. The standard InChI is InChI=1S/C18H16N2O4/c21-17(13-3-1-2-4-15(13)23-10-11-5-6-11)19-12-7-8-16-14(9-12)20-18(22)24-16/h1-4,7-9,11H,5-6,10H2,(H,19,21)(H,20,22). The zero-order chi connectivity index (χ0) is 16.5. The number of oxazole rings is 1. The molecular weight excluding hydrogens is 308 g/mol. The summed E-state index contributed by atoms with van der Waals surface area (Å²) in [4.78, 5) is 26.3. The van der Waals surface area contributed by atoms with Gasteiger partial charge in [0.25, 0.3) is 5.91 Å².